The molecule has 2 unspecified atom stereocenters. The predicted octanol–water partition coefficient (Wildman–Crippen LogP) is 2.76. The van der Waals surface area contributed by atoms with Crippen molar-refractivity contribution in [1.29, 1.82) is 0 Å². The normalized spacial score (nSPS) is 24.6. The Morgan fingerprint density at radius 1 is 1.29 bits per heavy atom. The highest BCUT2D eigenvalue weighted by Gasteiger charge is 2.34. The Bertz CT molecular complexity index is 487. The van der Waals surface area contributed by atoms with E-state index in [2.05, 4.69) is 5.32 Å². The zero-order valence-electron chi connectivity index (χ0n) is 9.17. The van der Waals surface area contributed by atoms with Gasteiger partial charge in [-0.2, -0.15) is 0 Å². The van der Waals surface area contributed by atoms with Crippen LogP contribution in [-0.4, -0.2) is 11.8 Å². The van der Waals surface area contributed by atoms with Crippen molar-refractivity contribution in [1.82, 2.24) is 5.32 Å². The number of imide groups is 1. The van der Waals surface area contributed by atoms with Crippen LogP contribution in [0.5, 0.6) is 0 Å². The van der Waals surface area contributed by atoms with Crippen LogP contribution < -0.4 is 5.32 Å². The summed E-state index contributed by atoms with van der Waals surface area (Å²) in [6, 6.07) is 5.09. The maximum absolute atomic E-state index is 11.6. The summed E-state index contributed by atoms with van der Waals surface area (Å²) in [4.78, 5) is 23.0. The highest BCUT2D eigenvalue weighted by molar-refractivity contribution is 6.33. The largest absolute Gasteiger partial charge is 0.296 e. The van der Waals surface area contributed by atoms with E-state index in [4.69, 9.17) is 23.2 Å². The molecule has 2 rings (SSSR count). The van der Waals surface area contributed by atoms with Crippen LogP contribution in [0.2, 0.25) is 10.0 Å². The molecule has 0 bridgehead atoms. The molecule has 2 amide bonds. The molecule has 1 heterocycles. The molecule has 1 aromatic carbocycles. The molecule has 2 atom stereocenters. The summed E-state index contributed by atoms with van der Waals surface area (Å²) >= 11 is 12.0. The number of hydrogen-bond donors (Lipinski definition) is 1. The van der Waals surface area contributed by atoms with Gasteiger partial charge in [-0.1, -0.05) is 30.1 Å². The fourth-order valence-electron chi connectivity index (χ4n) is 2.04. The molecule has 5 heteroatoms. The van der Waals surface area contributed by atoms with E-state index in [1.807, 2.05) is 0 Å². The van der Waals surface area contributed by atoms with Crippen LogP contribution in [0.1, 0.15) is 24.8 Å². The first-order valence-electron chi connectivity index (χ1n) is 5.27. The lowest BCUT2D eigenvalue weighted by molar-refractivity contribution is -0.136. The standard InChI is InChI=1S/C12H11Cl2NO2/c1-6-8(5-11(16)15-12(6)17)9-4-7(13)2-3-10(9)14/h2-4,6,8H,5H2,1H3,(H,15,16,17). The van der Waals surface area contributed by atoms with Crippen LogP contribution in [0.15, 0.2) is 18.2 Å². The number of amides is 2. The lowest BCUT2D eigenvalue weighted by atomic mass is 9.81. The van der Waals surface area contributed by atoms with E-state index in [1.54, 1.807) is 25.1 Å². The Morgan fingerprint density at radius 2 is 2.00 bits per heavy atom. The second-order valence-corrected chi connectivity index (χ2v) is 5.02. The third-order valence-electron chi connectivity index (χ3n) is 3.04. The highest BCUT2D eigenvalue weighted by atomic mass is 35.5. The molecular formula is C12H11Cl2NO2. The fourth-order valence-corrected chi connectivity index (χ4v) is 2.48. The number of carbonyl (C=O) groups excluding carboxylic acids is 2. The lowest BCUT2D eigenvalue weighted by Crippen LogP contribution is -2.43. The Balaban J connectivity index is 2.40. The van der Waals surface area contributed by atoms with Crippen LogP contribution in [0.25, 0.3) is 0 Å². The smallest absolute Gasteiger partial charge is 0.230 e. The minimum Gasteiger partial charge on any atom is -0.296 e. The fraction of sp³-hybridized carbons (Fsp3) is 0.333. The van der Waals surface area contributed by atoms with Gasteiger partial charge >= 0.3 is 0 Å². The molecule has 3 nitrogen and oxygen atoms in total. The van der Waals surface area contributed by atoms with Gasteiger partial charge < -0.3 is 0 Å². The molecule has 1 N–H and O–H groups in total. The van der Waals surface area contributed by atoms with E-state index >= 15 is 0 Å². The van der Waals surface area contributed by atoms with Crippen molar-refractivity contribution in [3.63, 3.8) is 0 Å². The minimum atomic E-state index is -0.288. The van der Waals surface area contributed by atoms with Gasteiger partial charge in [0.05, 0.1) is 0 Å². The van der Waals surface area contributed by atoms with Crippen molar-refractivity contribution in [2.75, 3.05) is 0 Å². The molecule has 1 fully saturated rings. The lowest BCUT2D eigenvalue weighted by Gasteiger charge is -2.28. The number of carbonyl (C=O) groups is 2. The summed E-state index contributed by atoms with van der Waals surface area (Å²) in [5.41, 5.74) is 0.759. The number of rotatable bonds is 1. The summed E-state index contributed by atoms with van der Waals surface area (Å²) in [6.07, 6.45) is 0.257. The molecule has 0 radical (unpaired) electrons. The summed E-state index contributed by atoms with van der Waals surface area (Å²) in [6.45, 7) is 1.78. The number of hydrogen-bond acceptors (Lipinski definition) is 2. The third kappa shape index (κ3) is 2.45. The minimum absolute atomic E-state index is 0.206. The quantitative estimate of drug-likeness (QED) is 0.799. The average Bonchev–Trinajstić information content (AvgIpc) is 2.27. The molecule has 1 aliphatic heterocycles. The molecule has 0 aliphatic carbocycles. The van der Waals surface area contributed by atoms with Gasteiger partial charge in [0.15, 0.2) is 0 Å². The Kier molecular flexibility index (Phi) is 3.40. The van der Waals surface area contributed by atoms with Crippen molar-refractivity contribution >= 4 is 35.0 Å². The molecule has 0 saturated carbocycles. The predicted molar refractivity (Wildman–Crippen MR) is 66.1 cm³/mol. The van der Waals surface area contributed by atoms with Crippen LogP contribution in [0.4, 0.5) is 0 Å². The van der Waals surface area contributed by atoms with E-state index in [0.29, 0.717) is 10.0 Å². The van der Waals surface area contributed by atoms with E-state index in [0.717, 1.165) is 5.56 Å². The summed E-state index contributed by atoms with van der Waals surface area (Å²) in [5, 5.41) is 3.40. The van der Waals surface area contributed by atoms with Crippen LogP contribution in [-0.2, 0) is 9.59 Å². The molecule has 1 aromatic rings. The van der Waals surface area contributed by atoms with Gasteiger partial charge in [0, 0.05) is 28.3 Å². The topological polar surface area (TPSA) is 46.2 Å². The summed E-state index contributed by atoms with van der Waals surface area (Å²) < 4.78 is 0. The highest BCUT2D eigenvalue weighted by Crippen LogP contribution is 2.36. The van der Waals surface area contributed by atoms with Crippen molar-refractivity contribution < 1.29 is 9.59 Å². The van der Waals surface area contributed by atoms with E-state index in [9.17, 15) is 9.59 Å². The van der Waals surface area contributed by atoms with Gasteiger partial charge in [0.25, 0.3) is 0 Å². The maximum Gasteiger partial charge on any atom is 0.230 e. The summed E-state index contributed by atoms with van der Waals surface area (Å²) in [5.74, 6) is -1.03. The molecule has 1 saturated heterocycles. The van der Waals surface area contributed by atoms with Crippen molar-refractivity contribution in [3.05, 3.63) is 33.8 Å². The van der Waals surface area contributed by atoms with Gasteiger partial charge in [-0.05, 0) is 23.8 Å². The Labute approximate surface area is 109 Å². The molecule has 17 heavy (non-hydrogen) atoms. The number of halogens is 2. The van der Waals surface area contributed by atoms with E-state index in [-0.39, 0.29) is 30.1 Å². The van der Waals surface area contributed by atoms with Gasteiger partial charge in [-0.3, -0.25) is 14.9 Å². The molecule has 1 aliphatic rings. The number of piperidine rings is 1. The molecule has 0 spiro atoms. The number of nitrogens with one attached hydrogen (secondary N) is 1. The maximum atomic E-state index is 11.6. The van der Waals surface area contributed by atoms with Crippen molar-refractivity contribution in [2.45, 2.75) is 19.3 Å². The van der Waals surface area contributed by atoms with Gasteiger partial charge in [0.1, 0.15) is 0 Å². The first-order chi connectivity index (χ1) is 7.99. The molecular weight excluding hydrogens is 261 g/mol. The van der Waals surface area contributed by atoms with E-state index in [1.165, 1.54) is 0 Å². The van der Waals surface area contributed by atoms with E-state index < -0.39 is 0 Å². The van der Waals surface area contributed by atoms with Crippen LogP contribution >= 0.6 is 23.2 Å². The Morgan fingerprint density at radius 3 is 2.71 bits per heavy atom. The first kappa shape index (κ1) is 12.4. The average molecular weight is 272 g/mol. The summed E-state index contributed by atoms with van der Waals surface area (Å²) in [7, 11) is 0. The van der Waals surface area contributed by atoms with Gasteiger partial charge in [0.2, 0.25) is 11.8 Å². The third-order valence-corrected chi connectivity index (χ3v) is 3.62. The SMILES string of the molecule is CC1C(=O)NC(=O)CC1c1cc(Cl)ccc1Cl. The Hall–Kier alpha value is -1.06. The number of benzene rings is 1. The van der Waals surface area contributed by atoms with Gasteiger partial charge in [-0.25, -0.2) is 0 Å². The second kappa shape index (κ2) is 4.67. The van der Waals surface area contributed by atoms with Crippen molar-refractivity contribution in [3.8, 4) is 0 Å². The van der Waals surface area contributed by atoms with Gasteiger partial charge in [-0.15, -0.1) is 0 Å². The van der Waals surface area contributed by atoms with Crippen molar-refractivity contribution in [2.24, 2.45) is 5.92 Å². The zero-order chi connectivity index (χ0) is 12.6. The molecule has 0 aromatic heterocycles. The van der Waals surface area contributed by atoms with Crippen LogP contribution in [0, 0.1) is 5.92 Å². The second-order valence-electron chi connectivity index (χ2n) is 4.18. The monoisotopic (exact) mass is 271 g/mol. The molecule has 90 valence electrons. The van der Waals surface area contributed by atoms with Crippen LogP contribution in [0.3, 0.4) is 0 Å². The first-order valence-corrected chi connectivity index (χ1v) is 6.03. The zero-order valence-corrected chi connectivity index (χ0v) is 10.7.